The molecule has 0 spiro atoms. The Bertz CT molecular complexity index is 874. The first-order valence-corrected chi connectivity index (χ1v) is 8.66. The Hall–Kier alpha value is -2.60. The molecule has 0 atom stereocenters. The number of aryl methyl sites for hydroxylation is 1. The van der Waals surface area contributed by atoms with Crippen molar-refractivity contribution in [2.75, 3.05) is 26.2 Å². The second kappa shape index (κ2) is 6.72. The minimum atomic E-state index is 0.196. The van der Waals surface area contributed by atoms with E-state index in [1.807, 2.05) is 42.3 Å². The van der Waals surface area contributed by atoms with E-state index >= 15 is 0 Å². The average Bonchev–Trinajstić information content (AvgIpc) is 3.22. The number of nitrogens with zero attached hydrogens (tertiary/aromatic N) is 3. The molecule has 3 aromatic rings. The van der Waals surface area contributed by atoms with Gasteiger partial charge in [0.05, 0.1) is 12.1 Å². The number of H-pyrrole nitrogens is 1. The van der Waals surface area contributed by atoms with Crippen molar-refractivity contribution >= 4 is 16.8 Å². The number of rotatable bonds is 4. The van der Waals surface area contributed by atoms with Crippen molar-refractivity contribution < 1.29 is 9.32 Å². The van der Waals surface area contributed by atoms with Crippen molar-refractivity contribution in [1.82, 2.24) is 19.9 Å². The Kier molecular flexibility index (Phi) is 4.28. The van der Waals surface area contributed by atoms with Crippen LogP contribution >= 0.6 is 0 Å². The summed E-state index contributed by atoms with van der Waals surface area (Å²) in [6, 6.07) is 10.1. The molecule has 1 amide bonds. The highest BCUT2D eigenvalue weighted by Gasteiger charge is 2.22. The largest absolute Gasteiger partial charge is 0.361 e. The molecule has 1 fully saturated rings. The van der Waals surface area contributed by atoms with Crippen LogP contribution in [-0.4, -0.2) is 52.0 Å². The number of hydrogen-bond donors (Lipinski definition) is 1. The van der Waals surface area contributed by atoms with Crippen molar-refractivity contribution in [1.29, 1.82) is 0 Å². The number of carbonyl (C=O) groups excluding carboxylic acids is 1. The summed E-state index contributed by atoms with van der Waals surface area (Å²) in [7, 11) is 0. The van der Waals surface area contributed by atoms with Gasteiger partial charge in [-0.15, -0.1) is 0 Å². The number of nitrogens with one attached hydrogen (secondary N) is 1. The summed E-state index contributed by atoms with van der Waals surface area (Å²) in [4.78, 5) is 20.2. The quantitative estimate of drug-likeness (QED) is 0.793. The zero-order chi connectivity index (χ0) is 17.2. The average molecular weight is 338 g/mol. The van der Waals surface area contributed by atoms with Crippen LogP contribution in [0.1, 0.15) is 17.0 Å². The van der Waals surface area contributed by atoms with Crippen molar-refractivity contribution in [3.05, 3.63) is 53.5 Å². The van der Waals surface area contributed by atoms with Gasteiger partial charge < -0.3 is 14.4 Å². The van der Waals surface area contributed by atoms with Crippen molar-refractivity contribution in [2.45, 2.75) is 19.9 Å². The van der Waals surface area contributed by atoms with Crippen LogP contribution in [0, 0.1) is 6.92 Å². The monoisotopic (exact) mass is 338 g/mol. The first kappa shape index (κ1) is 15.9. The maximum absolute atomic E-state index is 12.6. The maximum atomic E-state index is 12.6. The molecule has 6 nitrogen and oxygen atoms in total. The van der Waals surface area contributed by atoms with Gasteiger partial charge in [-0.2, -0.15) is 0 Å². The molecule has 0 radical (unpaired) electrons. The van der Waals surface area contributed by atoms with Crippen molar-refractivity contribution in [2.24, 2.45) is 0 Å². The first-order chi connectivity index (χ1) is 12.2. The molecule has 1 aromatic carbocycles. The number of piperazine rings is 1. The van der Waals surface area contributed by atoms with E-state index in [1.54, 1.807) is 0 Å². The molecule has 0 bridgehead atoms. The summed E-state index contributed by atoms with van der Waals surface area (Å²) in [6.07, 6.45) is 2.40. The second-order valence-corrected chi connectivity index (χ2v) is 6.62. The minimum absolute atomic E-state index is 0.196. The van der Waals surface area contributed by atoms with E-state index in [1.165, 1.54) is 0 Å². The predicted octanol–water partition coefficient (Wildman–Crippen LogP) is 2.35. The Morgan fingerprint density at radius 3 is 2.80 bits per heavy atom. The van der Waals surface area contributed by atoms with Gasteiger partial charge in [0, 0.05) is 55.9 Å². The van der Waals surface area contributed by atoms with Crippen molar-refractivity contribution in [3.63, 3.8) is 0 Å². The molecule has 2 aromatic heterocycles. The Balaban J connectivity index is 1.33. The Morgan fingerprint density at radius 1 is 1.24 bits per heavy atom. The lowest BCUT2D eigenvalue weighted by atomic mass is 10.1. The van der Waals surface area contributed by atoms with Crippen LogP contribution in [0.3, 0.4) is 0 Å². The molecule has 3 heterocycles. The Morgan fingerprint density at radius 2 is 2.04 bits per heavy atom. The molecule has 130 valence electrons. The number of fused-ring (bicyclic) bond motifs is 1. The summed E-state index contributed by atoms with van der Waals surface area (Å²) >= 11 is 0. The third kappa shape index (κ3) is 3.44. The summed E-state index contributed by atoms with van der Waals surface area (Å²) in [5, 5.41) is 5.18. The number of aromatic nitrogens is 2. The molecule has 0 unspecified atom stereocenters. The zero-order valence-electron chi connectivity index (χ0n) is 14.4. The normalized spacial score (nSPS) is 15.8. The third-order valence-electron chi connectivity index (χ3n) is 4.80. The second-order valence-electron chi connectivity index (χ2n) is 6.62. The van der Waals surface area contributed by atoms with Gasteiger partial charge in [0.2, 0.25) is 5.91 Å². The number of carbonyl (C=O) groups is 1. The third-order valence-corrected chi connectivity index (χ3v) is 4.80. The van der Waals surface area contributed by atoms with Crippen LogP contribution in [0.4, 0.5) is 0 Å². The lowest BCUT2D eigenvalue weighted by Crippen LogP contribution is -2.48. The molecule has 4 rings (SSSR count). The van der Waals surface area contributed by atoms with E-state index in [-0.39, 0.29) is 5.91 Å². The van der Waals surface area contributed by atoms with Gasteiger partial charge in [-0.25, -0.2) is 0 Å². The van der Waals surface area contributed by atoms with Gasteiger partial charge in [-0.1, -0.05) is 23.4 Å². The fourth-order valence-corrected chi connectivity index (χ4v) is 3.43. The van der Waals surface area contributed by atoms with Crippen molar-refractivity contribution in [3.8, 4) is 0 Å². The van der Waals surface area contributed by atoms with E-state index in [2.05, 4.69) is 21.1 Å². The van der Waals surface area contributed by atoms with Gasteiger partial charge in [-0.3, -0.25) is 9.69 Å². The lowest BCUT2D eigenvalue weighted by molar-refractivity contribution is -0.132. The van der Waals surface area contributed by atoms with E-state index in [9.17, 15) is 4.79 Å². The van der Waals surface area contributed by atoms with Crippen LogP contribution in [0.5, 0.6) is 0 Å². The number of para-hydroxylation sites is 1. The molecule has 0 saturated carbocycles. The molecule has 1 aliphatic heterocycles. The summed E-state index contributed by atoms with van der Waals surface area (Å²) in [6.45, 7) is 5.94. The highest BCUT2D eigenvalue weighted by atomic mass is 16.5. The summed E-state index contributed by atoms with van der Waals surface area (Å²) < 4.78 is 5.12. The first-order valence-electron chi connectivity index (χ1n) is 8.66. The molecular weight excluding hydrogens is 316 g/mol. The van der Waals surface area contributed by atoms with E-state index < -0.39 is 0 Å². The van der Waals surface area contributed by atoms with Gasteiger partial charge in [-0.05, 0) is 18.6 Å². The fourth-order valence-electron chi connectivity index (χ4n) is 3.43. The number of aromatic amines is 1. The fraction of sp³-hybridized carbons (Fsp3) is 0.368. The standard InChI is InChI=1S/C19H22N4O2/c1-14-10-16(21-25-14)13-22-6-8-23(9-7-22)19(24)11-15-12-20-18-5-3-2-4-17(15)18/h2-5,10,12,20H,6-9,11,13H2,1H3. The van der Waals surface area contributed by atoms with Crippen LogP contribution < -0.4 is 0 Å². The summed E-state index contributed by atoms with van der Waals surface area (Å²) in [5.41, 5.74) is 3.11. The van der Waals surface area contributed by atoms with E-state index in [4.69, 9.17) is 4.52 Å². The number of amides is 1. The molecular formula is C19H22N4O2. The molecule has 25 heavy (non-hydrogen) atoms. The molecule has 6 heteroatoms. The van der Waals surface area contributed by atoms with E-state index in [0.717, 1.165) is 60.6 Å². The van der Waals surface area contributed by atoms with Gasteiger partial charge in [0.15, 0.2) is 0 Å². The number of benzene rings is 1. The SMILES string of the molecule is Cc1cc(CN2CCN(C(=O)Cc3c[nH]c4ccccc34)CC2)no1. The smallest absolute Gasteiger partial charge is 0.227 e. The molecule has 1 saturated heterocycles. The lowest BCUT2D eigenvalue weighted by Gasteiger charge is -2.34. The maximum Gasteiger partial charge on any atom is 0.227 e. The number of hydrogen-bond acceptors (Lipinski definition) is 4. The zero-order valence-corrected chi connectivity index (χ0v) is 14.4. The highest BCUT2D eigenvalue weighted by molar-refractivity contribution is 5.88. The van der Waals surface area contributed by atoms with Crippen LogP contribution in [0.2, 0.25) is 0 Å². The Labute approximate surface area is 146 Å². The summed E-state index contributed by atoms with van der Waals surface area (Å²) in [5.74, 6) is 1.03. The van der Waals surface area contributed by atoms with Gasteiger partial charge in [0.25, 0.3) is 0 Å². The van der Waals surface area contributed by atoms with Crippen LogP contribution in [0.25, 0.3) is 10.9 Å². The topological polar surface area (TPSA) is 65.4 Å². The van der Waals surface area contributed by atoms with Gasteiger partial charge in [0.1, 0.15) is 5.76 Å². The van der Waals surface area contributed by atoms with Gasteiger partial charge >= 0.3 is 0 Å². The molecule has 0 aliphatic carbocycles. The van der Waals surface area contributed by atoms with Crippen LogP contribution in [0.15, 0.2) is 41.1 Å². The minimum Gasteiger partial charge on any atom is -0.361 e. The van der Waals surface area contributed by atoms with E-state index in [0.29, 0.717) is 6.42 Å². The molecule has 1 N–H and O–H groups in total. The van der Waals surface area contributed by atoms with Crippen LogP contribution in [-0.2, 0) is 17.8 Å². The molecule has 1 aliphatic rings. The predicted molar refractivity (Wildman–Crippen MR) is 95.1 cm³/mol. The highest BCUT2D eigenvalue weighted by Crippen LogP contribution is 2.19.